The Hall–Kier alpha value is -1.11. The molecule has 0 aromatic heterocycles. The van der Waals surface area contributed by atoms with E-state index in [1.54, 1.807) is 11.8 Å². The van der Waals surface area contributed by atoms with E-state index in [0.717, 1.165) is 5.69 Å². The molecule has 20 heavy (non-hydrogen) atoms. The average Bonchev–Trinajstić information content (AvgIpc) is 2.60. The summed E-state index contributed by atoms with van der Waals surface area (Å²) < 4.78 is 5.58. The zero-order chi connectivity index (χ0) is 14.8. The molecule has 1 aliphatic rings. The first-order chi connectivity index (χ1) is 9.43. The highest BCUT2D eigenvalue weighted by Crippen LogP contribution is 2.42. The first-order valence-electron chi connectivity index (χ1n) is 6.34. The third-order valence-corrected chi connectivity index (χ3v) is 5.01. The maximum Gasteiger partial charge on any atom is 0.302 e. The fourth-order valence-corrected chi connectivity index (χ4v) is 4.02. The number of benzene rings is 1. The molecular weight excluding hydrogens is 294 g/mol. The van der Waals surface area contributed by atoms with E-state index >= 15 is 0 Å². The van der Waals surface area contributed by atoms with Gasteiger partial charge in [0.2, 0.25) is 0 Å². The Morgan fingerprint density at radius 2 is 2.15 bits per heavy atom. The summed E-state index contributed by atoms with van der Waals surface area (Å²) in [6.45, 7) is 3.40. The summed E-state index contributed by atoms with van der Waals surface area (Å²) >= 11 is 6.81. The number of anilines is 1. The molecule has 2 rings (SSSR count). The van der Waals surface area contributed by atoms with Crippen molar-refractivity contribution in [2.75, 3.05) is 11.5 Å². The normalized spacial score (nSPS) is 25.9. The number of hydrogen-bond donors (Lipinski definition) is 1. The molecule has 2 unspecified atom stereocenters. The minimum absolute atomic E-state index is 0.130. The van der Waals surface area contributed by atoms with Crippen LogP contribution in [0.15, 0.2) is 30.3 Å². The summed E-state index contributed by atoms with van der Waals surface area (Å²) in [7, 11) is 0. The molecule has 2 atom stereocenters. The lowest BCUT2D eigenvalue weighted by Crippen LogP contribution is -2.49. The number of hydrogen-bond acceptors (Lipinski definition) is 5. The van der Waals surface area contributed by atoms with E-state index in [-0.39, 0.29) is 17.8 Å². The van der Waals surface area contributed by atoms with Gasteiger partial charge in [0.15, 0.2) is 5.72 Å². The molecular formula is C14H17NO3S2. The molecule has 0 amide bonds. The summed E-state index contributed by atoms with van der Waals surface area (Å²) in [6, 6.07) is 9.56. The minimum atomic E-state index is -1.09. The topological polar surface area (TPSA) is 49.8 Å². The molecule has 0 saturated carbocycles. The predicted octanol–water partition coefficient (Wildman–Crippen LogP) is 2.56. The van der Waals surface area contributed by atoms with Crippen LogP contribution >= 0.6 is 24.0 Å². The summed E-state index contributed by atoms with van der Waals surface area (Å²) in [4.78, 5) is 12.6. The van der Waals surface area contributed by atoms with Crippen LogP contribution in [0.4, 0.5) is 5.69 Å². The number of esters is 1. The first kappa shape index (κ1) is 15.3. The molecule has 6 heteroatoms. The quantitative estimate of drug-likeness (QED) is 0.681. The van der Waals surface area contributed by atoms with Crippen molar-refractivity contribution < 1.29 is 14.6 Å². The Labute approximate surface area is 128 Å². The lowest BCUT2D eigenvalue weighted by atomic mass is 10.1. The molecule has 108 valence electrons. The Balaban J connectivity index is 2.12. The minimum Gasteiger partial charge on any atom is -0.466 e. The van der Waals surface area contributed by atoms with Crippen molar-refractivity contribution in [2.24, 2.45) is 0 Å². The van der Waals surface area contributed by atoms with Gasteiger partial charge in [0.1, 0.15) is 4.32 Å². The maximum absolute atomic E-state index is 10.8. The second-order valence-electron chi connectivity index (χ2n) is 4.77. The highest BCUT2D eigenvalue weighted by molar-refractivity contribution is 8.24. The highest BCUT2D eigenvalue weighted by atomic mass is 32.2. The Morgan fingerprint density at radius 3 is 2.75 bits per heavy atom. The van der Waals surface area contributed by atoms with E-state index in [2.05, 4.69) is 0 Å². The number of thiocarbonyl (C=S) groups is 1. The van der Waals surface area contributed by atoms with E-state index in [0.29, 0.717) is 10.7 Å². The number of nitrogens with zero attached hydrogens (tertiary/aromatic N) is 1. The molecule has 1 N–H and O–H groups in total. The van der Waals surface area contributed by atoms with Crippen LogP contribution < -0.4 is 4.90 Å². The van der Waals surface area contributed by atoms with Crippen molar-refractivity contribution in [3.8, 4) is 0 Å². The van der Waals surface area contributed by atoms with Gasteiger partial charge in [-0.05, 0) is 25.5 Å². The van der Waals surface area contributed by atoms with Crippen LogP contribution in [0.25, 0.3) is 0 Å². The lowest BCUT2D eigenvalue weighted by Gasteiger charge is -2.34. The molecule has 1 aliphatic heterocycles. The maximum atomic E-state index is 10.8. The van der Waals surface area contributed by atoms with Crippen LogP contribution in [0.5, 0.6) is 0 Å². The largest absolute Gasteiger partial charge is 0.466 e. The van der Waals surface area contributed by atoms with Gasteiger partial charge in [0, 0.05) is 12.6 Å². The second kappa shape index (κ2) is 6.11. The third-order valence-electron chi connectivity index (χ3n) is 3.19. The van der Waals surface area contributed by atoms with Gasteiger partial charge < -0.3 is 9.84 Å². The van der Waals surface area contributed by atoms with Gasteiger partial charge in [0.25, 0.3) is 0 Å². The second-order valence-corrected chi connectivity index (χ2v) is 6.60. The molecule has 0 spiro atoms. The molecule has 1 fully saturated rings. The molecule has 0 radical (unpaired) electrons. The van der Waals surface area contributed by atoms with Crippen LogP contribution in [-0.4, -0.2) is 33.0 Å². The molecule has 1 heterocycles. The lowest BCUT2D eigenvalue weighted by molar-refractivity contribution is -0.141. The summed E-state index contributed by atoms with van der Waals surface area (Å²) in [6.07, 6.45) is 0.556. The van der Waals surface area contributed by atoms with E-state index in [1.807, 2.05) is 30.3 Å². The first-order valence-corrected chi connectivity index (χ1v) is 7.63. The number of rotatable bonds is 4. The average molecular weight is 311 g/mol. The summed E-state index contributed by atoms with van der Waals surface area (Å²) in [5.41, 5.74) is -0.228. The molecule has 4 nitrogen and oxygen atoms in total. The molecule has 1 aromatic rings. The van der Waals surface area contributed by atoms with Crippen LogP contribution in [-0.2, 0) is 9.53 Å². The predicted molar refractivity (Wildman–Crippen MR) is 84.8 cm³/mol. The van der Waals surface area contributed by atoms with Gasteiger partial charge in [-0.2, -0.15) is 0 Å². The van der Waals surface area contributed by atoms with Gasteiger partial charge in [-0.1, -0.05) is 42.2 Å². The highest BCUT2D eigenvalue weighted by Gasteiger charge is 2.47. The smallest absolute Gasteiger partial charge is 0.302 e. The van der Waals surface area contributed by atoms with Gasteiger partial charge >= 0.3 is 5.97 Å². The van der Waals surface area contributed by atoms with Crippen molar-refractivity contribution in [1.29, 1.82) is 0 Å². The number of ether oxygens (including phenoxy) is 1. The third kappa shape index (κ3) is 3.13. The van der Waals surface area contributed by atoms with Crippen LogP contribution in [0.3, 0.4) is 0 Å². The van der Waals surface area contributed by atoms with E-state index in [4.69, 9.17) is 17.0 Å². The van der Waals surface area contributed by atoms with E-state index < -0.39 is 5.72 Å². The van der Waals surface area contributed by atoms with Crippen LogP contribution in [0.2, 0.25) is 0 Å². The number of para-hydroxylation sites is 1. The van der Waals surface area contributed by atoms with E-state index in [1.165, 1.54) is 18.7 Å². The molecule has 0 aliphatic carbocycles. The fourth-order valence-electron chi connectivity index (χ4n) is 2.20. The standard InChI is InChI=1S/C14H17NO3S2/c1-10(16)18-9-8-12-14(2,17)15(13(19)20-12)11-6-4-3-5-7-11/h3-7,12,17H,8-9H2,1-2H3. The monoisotopic (exact) mass is 311 g/mol. The van der Waals surface area contributed by atoms with Crippen molar-refractivity contribution in [3.63, 3.8) is 0 Å². The van der Waals surface area contributed by atoms with Gasteiger partial charge in [-0.25, -0.2) is 0 Å². The Bertz CT molecular complexity index is 504. The van der Waals surface area contributed by atoms with Crippen molar-refractivity contribution >= 4 is 40.0 Å². The van der Waals surface area contributed by atoms with Crippen molar-refractivity contribution in [3.05, 3.63) is 30.3 Å². The zero-order valence-corrected chi connectivity index (χ0v) is 13.0. The number of carbonyl (C=O) groups excluding carboxylic acids is 1. The van der Waals surface area contributed by atoms with Crippen LogP contribution in [0.1, 0.15) is 20.3 Å². The fraction of sp³-hybridized carbons (Fsp3) is 0.429. The Morgan fingerprint density at radius 1 is 1.50 bits per heavy atom. The van der Waals surface area contributed by atoms with E-state index in [9.17, 15) is 9.90 Å². The number of carbonyl (C=O) groups is 1. The SMILES string of the molecule is CC(=O)OCCC1SC(=S)N(c2ccccc2)C1(C)O. The number of thioether (sulfide) groups is 1. The zero-order valence-electron chi connectivity index (χ0n) is 11.4. The summed E-state index contributed by atoms with van der Waals surface area (Å²) in [5, 5.41) is 10.7. The van der Waals surface area contributed by atoms with Gasteiger partial charge in [-0.3, -0.25) is 9.69 Å². The van der Waals surface area contributed by atoms with Gasteiger partial charge in [0.05, 0.1) is 11.9 Å². The Kier molecular flexibility index (Phi) is 4.67. The summed E-state index contributed by atoms with van der Waals surface area (Å²) in [5.74, 6) is -0.310. The van der Waals surface area contributed by atoms with Gasteiger partial charge in [-0.15, -0.1) is 0 Å². The molecule has 0 bridgehead atoms. The molecule has 1 saturated heterocycles. The molecule has 1 aromatic carbocycles. The van der Waals surface area contributed by atoms with Crippen molar-refractivity contribution in [2.45, 2.75) is 31.2 Å². The number of aliphatic hydroxyl groups is 1. The van der Waals surface area contributed by atoms with Crippen LogP contribution in [0, 0.1) is 0 Å². The van der Waals surface area contributed by atoms with Crippen molar-refractivity contribution in [1.82, 2.24) is 0 Å².